The highest BCUT2D eigenvalue weighted by Crippen LogP contribution is 2.15. The third-order valence-electron chi connectivity index (χ3n) is 1.97. The van der Waals surface area contributed by atoms with E-state index in [1.54, 1.807) is 6.07 Å². The maximum absolute atomic E-state index is 12.4. The van der Waals surface area contributed by atoms with Crippen molar-refractivity contribution in [1.82, 2.24) is 9.97 Å². The number of ether oxygens (including phenoxy) is 1. The molecule has 7 heteroatoms. The Bertz CT molecular complexity index is 366. The SMILES string of the molecule is CC(C)Oc1ccnc(N(CCCl)CC(F)F)n1. The molecule has 0 atom stereocenters. The number of hydrogen-bond donors (Lipinski definition) is 0. The summed E-state index contributed by atoms with van der Waals surface area (Å²) in [6.07, 6.45) is -1.02. The first-order chi connectivity index (χ1) is 8.52. The molecule has 1 aromatic rings. The van der Waals surface area contributed by atoms with Gasteiger partial charge in [0.15, 0.2) is 0 Å². The maximum Gasteiger partial charge on any atom is 0.255 e. The summed E-state index contributed by atoms with van der Waals surface area (Å²) < 4.78 is 30.3. The Morgan fingerprint density at radius 1 is 1.44 bits per heavy atom. The molecular weight excluding hydrogens is 264 g/mol. The van der Waals surface area contributed by atoms with Crippen LogP contribution in [0.5, 0.6) is 5.88 Å². The van der Waals surface area contributed by atoms with Gasteiger partial charge in [-0.05, 0) is 13.8 Å². The van der Waals surface area contributed by atoms with E-state index in [0.29, 0.717) is 5.88 Å². The van der Waals surface area contributed by atoms with Gasteiger partial charge in [0, 0.05) is 24.7 Å². The van der Waals surface area contributed by atoms with Crippen LogP contribution in [0.25, 0.3) is 0 Å². The molecule has 0 fully saturated rings. The number of hydrogen-bond acceptors (Lipinski definition) is 4. The Morgan fingerprint density at radius 3 is 2.72 bits per heavy atom. The number of rotatable bonds is 7. The molecule has 1 aromatic heterocycles. The average molecular weight is 280 g/mol. The summed E-state index contributed by atoms with van der Waals surface area (Å²) in [5.74, 6) is 0.795. The first kappa shape index (κ1) is 14.9. The standard InChI is InChI=1S/C11H16ClF2N3O/c1-8(2)18-10-3-5-15-11(16-10)17(6-4-12)7-9(13)14/h3,5,8-9H,4,6-7H2,1-2H3. The maximum atomic E-state index is 12.4. The Balaban J connectivity index is 2.83. The second kappa shape index (κ2) is 7.31. The monoisotopic (exact) mass is 279 g/mol. The van der Waals surface area contributed by atoms with Crippen LogP contribution in [0.15, 0.2) is 12.3 Å². The summed E-state index contributed by atoms with van der Waals surface area (Å²) in [4.78, 5) is 9.39. The van der Waals surface area contributed by atoms with Crippen LogP contribution in [0.2, 0.25) is 0 Å². The van der Waals surface area contributed by atoms with E-state index in [4.69, 9.17) is 16.3 Å². The number of aromatic nitrogens is 2. The Morgan fingerprint density at radius 2 is 2.17 bits per heavy atom. The van der Waals surface area contributed by atoms with Gasteiger partial charge in [0.05, 0.1) is 12.6 Å². The van der Waals surface area contributed by atoms with Gasteiger partial charge in [0.2, 0.25) is 11.8 Å². The third kappa shape index (κ3) is 5.00. The van der Waals surface area contributed by atoms with Gasteiger partial charge < -0.3 is 9.64 Å². The number of alkyl halides is 3. The molecule has 102 valence electrons. The van der Waals surface area contributed by atoms with Crippen molar-refractivity contribution in [3.8, 4) is 5.88 Å². The summed E-state index contributed by atoms with van der Waals surface area (Å²) >= 11 is 5.58. The summed E-state index contributed by atoms with van der Waals surface area (Å²) in [6.45, 7) is 3.53. The zero-order valence-electron chi connectivity index (χ0n) is 10.3. The van der Waals surface area contributed by atoms with Crippen molar-refractivity contribution >= 4 is 17.5 Å². The van der Waals surface area contributed by atoms with Crippen LogP contribution < -0.4 is 9.64 Å². The first-order valence-corrected chi connectivity index (χ1v) is 6.15. The summed E-state index contributed by atoms with van der Waals surface area (Å²) in [5.41, 5.74) is 0. The minimum atomic E-state index is -2.47. The predicted molar refractivity (Wildman–Crippen MR) is 66.7 cm³/mol. The van der Waals surface area contributed by atoms with E-state index in [9.17, 15) is 8.78 Å². The quantitative estimate of drug-likeness (QED) is 0.719. The molecule has 0 aliphatic rings. The van der Waals surface area contributed by atoms with E-state index in [1.165, 1.54) is 11.1 Å². The first-order valence-electron chi connectivity index (χ1n) is 5.61. The van der Waals surface area contributed by atoms with E-state index in [1.807, 2.05) is 13.8 Å². The molecule has 0 spiro atoms. The highest BCUT2D eigenvalue weighted by molar-refractivity contribution is 6.18. The lowest BCUT2D eigenvalue weighted by atomic mass is 10.5. The van der Waals surface area contributed by atoms with Crippen LogP contribution in [0.4, 0.5) is 14.7 Å². The van der Waals surface area contributed by atoms with Gasteiger partial charge in [-0.15, -0.1) is 11.6 Å². The van der Waals surface area contributed by atoms with Crippen molar-refractivity contribution in [1.29, 1.82) is 0 Å². The Kier molecular flexibility index (Phi) is 6.04. The highest BCUT2D eigenvalue weighted by Gasteiger charge is 2.15. The molecule has 0 aromatic carbocycles. The Labute approximate surface area is 110 Å². The fourth-order valence-corrected chi connectivity index (χ4v) is 1.54. The normalized spacial score (nSPS) is 11.1. The number of nitrogens with zero attached hydrogens (tertiary/aromatic N) is 3. The molecule has 0 N–H and O–H groups in total. The second-order valence-corrected chi connectivity index (χ2v) is 4.27. The van der Waals surface area contributed by atoms with Gasteiger partial charge in [0.1, 0.15) is 0 Å². The number of anilines is 1. The zero-order valence-corrected chi connectivity index (χ0v) is 11.1. The summed E-state index contributed by atoms with van der Waals surface area (Å²) in [7, 11) is 0. The van der Waals surface area contributed by atoms with E-state index < -0.39 is 13.0 Å². The minimum absolute atomic E-state index is 0.0377. The number of halogens is 3. The van der Waals surface area contributed by atoms with Gasteiger partial charge >= 0.3 is 0 Å². The van der Waals surface area contributed by atoms with Gasteiger partial charge in [0.25, 0.3) is 6.43 Å². The van der Waals surface area contributed by atoms with Gasteiger partial charge in [-0.1, -0.05) is 0 Å². The molecule has 0 bridgehead atoms. The Hall–Kier alpha value is -1.17. The zero-order chi connectivity index (χ0) is 13.5. The van der Waals surface area contributed by atoms with Crippen LogP contribution in [0.1, 0.15) is 13.8 Å². The van der Waals surface area contributed by atoms with Crippen molar-refractivity contribution in [2.75, 3.05) is 23.9 Å². The molecule has 0 unspecified atom stereocenters. The van der Waals surface area contributed by atoms with Crippen LogP contribution in [0.3, 0.4) is 0 Å². The molecular formula is C11H16ClF2N3O. The van der Waals surface area contributed by atoms with Crippen molar-refractivity contribution in [2.45, 2.75) is 26.4 Å². The van der Waals surface area contributed by atoms with Crippen molar-refractivity contribution in [2.24, 2.45) is 0 Å². The average Bonchev–Trinajstić information content (AvgIpc) is 2.27. The van der Waals surface area contributed by atoms with E-state index in [2.05, 4.69) is 9.97 Å². The molecule has 0 saturated carbocycles. The van der Waals surface area contributed by atoms with Crippen molar-refractivity contribution < 1.29 is 13.5 Å². The van der Waals surface area contributed by atoms with Crippen molar-refractivity contribution in [3.05, 3.63) is 12.3 Å². The summed E-state index contributed by atoms with van der Waals surface area (Å²) in [5, 5.41) is 0. The van der Waals surface area contributed by atoms with Crippen molar-refractivity contribution in [3.63, 3.8) is 0 Å². The summed E-state index contributed by atoms with van der Waals surface area (Å²) in [6, 6.07) is 1.59. The molecule has 0 amide bonds. The van der Waals surface area contributed by atoms with E-state index in [0.717, 1.165) is 0 Å². The lowest BCUT2D eigenvalue weighted by Gasteiger charge is -2.21. The largest absolute Gasteiger partial charge is 0.475 e. The van der Waals surface area contributed by atoms with Crippen LogP contribution >= 0.6 is 11.6 Å². The van der Waals surface area contributed by atoms with Gasteiger partial charge in [-0.2, -0.15) is 4.98 Å². The molecule has 4 nitrogen and oxygen atoms in total. The lowest BCUT2D eigenvalue weighted by molar-refractivity contribution is 0.154. The third-order valence-corrected chi connectivity index (χ3v) is 2.14. The molecule has 1 heterocycles. The van der Waals surface area contributed by atoms with E-state index >= 15 is 0 Å². The van der Waals surface area contributed by atoms with Gasteiger partial charge in [-0.25, -0.2) is 13.8 Å². The molecule has 0 aliphatic carbocycles. The predicted octanol–water partition coefficient (Wildman–Crippen LogP) is 2.57. The van der Waals surface area contributed by atoms with Crippen LogP contribution in [-0.4, -0.2) is 41.5 Å². The highest BCUT2D eigenvalue weighted by atomic mass is 35.5. The topological polar surface area (TPSA) is 38.2 Å². The van der Waals surface area contributed by atoms with Crippen LogP contribution in [0, 0.1) is 0 Å². The molecule has 0 aliphatic heterocycles. The lowest BCUT2D eigenvalue weighted by Crippen LogP contribution is -2.32. The van der Waals surface area contributed by atoms with Gasteiger partial charge in [-0.3, -0.25) is 0 Å². The van der Waals surface area contributed by atoms with Crippen LogP contribution in [-0.2, 0) is 0 Å². The molecule has 1 rings (SSSR count). The molecule has 0 radical (unpaired) electrons. The fourth-order valence-electron chi connectivity index (χ4n) is 1.33. The fraction of sp³-hybridized carbons (Fsp3) is 0.636. The smallest absolute Gasteiger partial charge is 0.255 e. The van der Waals surface area contributed by atoms with E-state index in [-0.39, 0.29) is 24.5 Å². The molecule has 0 saturated heterocycles. The minimum Gasteiger partial charge on any atom is -0.475 e. The molecule has 18 heavy (non-hydrogen) atoms. The second-order valence-electron chi connectivity index (χ2n) is 3.89.